The number of hydrogen-bond acceptors (Lipinski definition) is 3. The van der Waals surface area contributed by atoms with E-state index in [-0.39, 0.29) is 12.2 Å². The summed E-state index contributed by atoms with van der Waals surface area (Å²) in [5, 5.41) is 5.08. The zero-order valence-corrected chi connectivity index (χ0v) is 16.5. The van der Waals surface area contributed by atoms with Gasteiger partial charge in [0, 0.05) is 16.7 Å². The van der Waals surface area contributed by atoms with Crippen LogP contribution in [0.15, 0.2) is 65.5 Å². The van der Waals surface area contributed by atoms with E-state index in [9.17, 15) is 9.18 Å². The minimum Gasteiger partial charge on any atom is -0.490 e. The average Bonchev–Trinajstić information content (AvgIpc) is 2.64. The Morgan fingerprint density at radius 1 is 1.08 bits per heavy atom. The summed E-state index contributed by atoms with van der Waals surface area (Å²) in [6, 6.07) is 17.6. The largest absolute Gasteiger partial charge is 0.490 e. The predicted octanol–water partition coefficient (Wildman–Crippen LogP) is 4.72. The van der Waals surface area contributed by atoms with Gasteiger partial charge in [0.2, 0.25) is 0 Å². The molecular weight excluding hydrogens is 470 g/mol. The van der Waals surface area contributed by atoms with Gasteiger partial charge >= 0.3 is 0 Å². The first-order valence-corrected chi connectivity index (χ1v) is 9.47. The Morgan fingerprint density at radius 2 is 1.77 bits per heavy atom. The van der Waals surface area contributed by atoms with Crippen LogP contribution in [0.4, 0.5) is 4.39 Å². The Bertz CT molecular complexity index is 928. The molecule has 3 aromatic rings. The number of rotatable bonds is 6. The molecule has 0 N–H and O–H groups in total. The average molecular weight is 485 g/mol. The van der Waals surface area contributed by atoms with E-state index in [0.717, 1.165) is 11.1 Å². The van der Waals surface area contributed by atoms with Crippen LogP contribution in [0, 0.1) is 0 Å². The van der Waals surface area contributed by atoms with E-state index in [1.807, 2.05) is 24.3 Å². The van der Waals surface area contributed by atoms with Gasteiger partial charge in [-0.3, -0.25) is 4.79 Å². The molecular formula is C19H15ClFIN2O2. The molecule has 0 radical (unpaired) electrons. The van der Waals surface area contributed by atoms with E-state index in [4.69, 9.17) is 16.3 Å². The van der Waals surface area contributed by atoms with Crippen molar-refractivity contribution in [2.75, 3.05) is 6.61 Å². The van der Waals surface area contributed by atoms with Crippen LogP contribution in [-0.4, -0.2) is 20.6 Å². The molecule has 0 spiro atoms. The summed E-state index contributed by atoms with van der Waals surface area (Å²) >= 11 is 7.55. The molecule has 0 aliphatic rings. The van der Waals surface area contributed by atoms with Gasteiger partial charge in [-0.2, -0.15) is 5.10 Å². The smallest absolute Gasteiger partial charge is 0.267 e. The molecule has 4 nitrogen and oxygen atoms in total. The Morgan fingerprint density at radius 3 is 2.42 bits per heavy atom. The van der Waals surface area contributed by atoms with Gasteiger partial charge in [0.05, 0.1) is 12.2 Å². The maximum Gasteiger partial charge on any atom is 0.267 e. The summed E-state index contributed by atoms with van der Waals surface area (Å²) < 4.78 is 18.5. The first-order valence-electron chi connectivity index (χ1n) is 7.85. The number of ether oxygens (including phenoxy) is 1. The van der Waals surface area contributed by atoms with Crippen LogP contribution in [0.1, 0.15) is 5.56 Å². The summed E-state index contributed by atoms with van der Waals surface area (Å²) in [5.41, 5.74) is 2.26. The fraction of sp³-hybridized carbons (Fsp3) is 0.158. The third-order valence-electron chi connectivity index (χ3n) is 3.64. The summed E-state index contributed by atoms with van der Waals surface area (Å²) in [7, 11) is 0. The lowest BCUT2D eigenvalue weighted by Crippen LogP contribution is -2.22. The van der Waals surface area contributed by atoms with Gasteiger partial charge in [-0.25, -0.2) is 9.07 Å². The van der Waals surface area contributed by atoms with Gasteiger partial charge in [0.15, 0.2) is 4.18 Å². The predicted molar refractivity (Wildman–Crippen MR) is 109 cm³/mol. The molecule has 1 aromatic heterocycles. The van der Waals surface area contributed by atoms with Crippen LogP contribution in [0.5, 0.6) is 5.75 Å². The van der Waals surface area contributed by atoms with Crippen molar-refractivity contribution in [1.29, 1.82) is 0 Å². The molecule has 134 valence electrons. The Labute approximate surface area is 168 Å². The van der Waals surface area contributed by atoms with Crippen LogP contribution >= 0.6 is 34.2 Å². The van der Waals surface area contributed by atoms with E-state index < -0.39 is 4.18 Å². The zero-order valence-electron chi connectivity index (χ0n) is 13.6. The van der Waals surface area contributed by atoms with Gasteiger partial charge in [0.1, 0.15) is 12.4 Å². The van der Waals surface area contributed by atoms with E-state index in [1.54, 1.807) is 52.9 Å². The summed E-state index contributed by atoms with van der Waals surface area (Å²) in [6.07, 6.45) is 0. The van der Waals surface area contributed by atoms with Gasteiger partial charge < -0.3 is 4.74 Å². The van der Waals surface area contributed by atoms with E-state index in [1.165, 1.54) is 10.7 Å². The molecule has 7 heteroatoms. The molecule has 0 bridgehead atoms. The van der Waals surface area contributed by atoms with Crippen LogP contribution in [0.2, 0.25) is 5.02 Å². The van der Waals surface area contributed by atoms with Crippen molar-refractivity contribution in [3.05, 3.63) is 81.6 Å². The molecule has 0 aliphatic carbocycles. The lowest BCUT2D eigenvalue weighted by atomic mass is 10.1. The fourth-order valence-corrected chi connectivity index (χ4v) is 2.67. The summed E-state index contributed by atoms with van der Waals surface area (Å²) in [4.78, 5) is 12.1. The second-order valence-corrected chi connectivity index (χ2v) is 7.36. The number of halogens is 3. The lowest BCUT2D eigenvalue weighted by molar-refractivity contribution is 0.263. The Balaban J connectivity index is 1.80. The molecule has 1 atom stereocenters. The Kier molecular flexibility index (Phi) is 6.26. The lowest BCUT2D eigenvalue weighted by Gasteiger charge is -2.09. The highest BCUT2D eigenvalue weighted by Gasteiger charge is 2.06. The summed E-state index contributed by atoms with van der Waals surface area (Å²) in [5.74, 6) is 0.586. The zero-order chi connectivity index (χ0) is 18.5. The van der Waals surface area contributed by atoms with Crippen molar-refractivity contribution in [3.8, 4) is 17.0 Å². The topological polar surface area (TPSA) is 44.1 Å². The van der Waals surface area contributed by atoms with Crippen molar-refractivity contribution in [2.24, 2.45) is 0 Å². The minimum absolute atomic E-state index is 0.00409. The first kappa shape index (κ1) is 18.8. The molecule has 3 rings (SSSR count). The number of hydrogen-bond donors (Lipinski definition) is 0. The van der Waals surface area contributed by atoms with Gasteiger partial charge in [0.25, 0.3) is 5.56 Å². The summed E-state index contributed by atoms with van der Waals surface area (Å²) in [6.45, 7) is 0.364. The van der Waals surface area contributed by atoms with Crippen molar-refractivity contribution in [1.82, 2.24) is 9.78 Å². The van der Waals surface area contributed by atoms with E-state index >= 15 is 0 Å². The molecule has 0 fully saturated rings. The monoisotopic (exact) mass is 484 g/mol. The fourth-order valence-electron chi connectivity index (χ4n) is 2.36. The number of benzene rings is 2. The molecule has 26 heavy (non-hydrogen) atoms. The van der Waals surface area contributed by atoms with Crippen LogP contribution < -0.4 is 10.3 Å². The highest BCUT2D eigenvalue weighted by atomic mass is 127. The minimum atomic E-state index is -1.05. The molecule has 1 heterocycles. The molecule has 2 aromatic carbocycles. The maximum atomic E-state index is 12.8. The number of alkyl halides is 2. The van der Waals surface area contributed by atoms with Crippen molar-refractivity contribution in [2.45, 2.75) is 10.7 Å². The van der Waals surface area contributed by atoms with E-state index in [0.29, 0.717) is 23.0 Å². The number of aromatic nitrogens is 2. The van der Waals surface area contributed by atoms with E-state index in [2.05, 4.69) is 5.10 Å². The second kappa shape index (κ2) is 8.64. The quantitative estimate of drug-likeness (QED) is 0.376. The SMILES string of the molecule is O=c1ccc(-c2ccc(OCC(F)I)cc2)nn1Cc1ccc(Cl)cc1. The van der Waals surface area contributed by atoms with Gasteiger partial charge in [-0.1, -0.05) is 23.7 Å². The molecule has 0 aliphatic heterocycles. The first-order chi connectivity index (χ1) is 12.5. The highest BCUT2D eigenvalue weighted by molar-refractivity contribution is 14.1. The Hall–Kier alpha value is -1.93. The van der Waals surface area contributed by atoms with Crippen molar-refractivity contribution >= 4 is 34.2 Å². The highest BCUT2D eigenvalue weighted by Crippen LogP contribution is 2.21. The van der Waals surface area contributed by atoms with Gasteiger partial charge in [-0.15, -0.1) is 0 Å². The maximum absolute atomic E-state index is 12.8. The van der Waals surface area contributed by atoms with Crippen LogP contribution in [0.25, 0.3) is 11.3 Å². The number of nitrogens with zero attached hydrogens (tertiary/aromatic N) is 2. The standard InChI is InChI=1S/C19H15ClFIN2O2/c20-15-5-1-13(2-6-15)11-24-19(25)10-9-17(23-24)14-3-7-16(8-4-14)26-12-18(21)22/h1-10,18H,11-12H2. The van der Waals surface area contributed by atoms with Crippen LogP contribution in [0.3, 0.4) is 0 Å². The molecule has 1 unspecified atom stereocenters. The molecule has 0 amide bonds. The molecule has 0 saturated carbocycles. The van der Waals surface area contributed by atoms with Gasteiger partial charge in [-0.05, 0) is 70.6 Å². The molecule has 0 saturated heterocycles. The van der Waals surface area contributed by atoms with Crippen LogP contribution in [-0.2, 0) is 6.54 Å². The van der Waals surface area contributed by atoms with Crippen molar-refractivity contribution in [3.63, 3.8) is 0 Å². The second-order valence-electron chi connectivity index (χ2n) is 5.57. The normalized spacial score (nSPS) is 12.0. The van der Waals surface area contributed by atoms with Crippen molar-refractivity contribution < 1.29 is 9.13 Å². The third-order valence-corrected chi connectivity index (χ3v) is 4.25. The third kappa shape index (κ3) is 5.04.